The van der Waals surface area contributed by atoms with Crippen molar-refractivity contribution >= 4 is 46.6 Å². The molecule has 2 heterocycles. The van der Waals surface area contributed by atoms with Crippen LogP contribution in [0.3, 0.4) is 0 Å². The molecule has 1 aliphatic carbocycles. The summed E-state index contributed by atoms with van der Waals surface area (Å²) < 4.78 is 5.47. The van der Waals surface area contributed by atoms with Crippen LogP contribution in [0.25, 0.3) is 0 Å². The zero-order valence-corrected chi connectivity index (χ0v) is 22.8. The molecule has 0 radical (unpaired) electrons. The van der Waals surface area contributed by atoms with E-state index >= 15 is 0 Å². The number of halogens is 1. The summed E-state index contributed by atoms with van der Waals surface area (Å²) in [6.45, 7) is 8.11. The third kappa shape index (κ3) is 7.16. The van der Waals surface area contributed by atoms with E-state index in [-0.39, 0.29) is 34.9 Å². The standard InChI is InChI=1S/C26H36ClN7O4/c1-26(2,3)38-25(37)34-14-12-33(13-15-34)18-8-4-16(5-9-18)29-23-20(22(28)36)31-21(27)24(32-23)30-17-6-10-19(35)11-7-17/h4-5,8-9,17,19,35H,6-7,10-15H2,1-3H3,(H2,28,36)(H2,29,30,32). The van der Waals surface area contributed by atoms with Gasteiger partial charge >= 0.3 is 6.09 Å². The van der Waals surface area contributed by atoms with Gasteiger partial charge in [-0.3, -0.25) is 4.79 Å². The van der Waals surface area contributed by atoms with Crippen LogP contribution < -0.4 is 21.3 Å². The molecule has 12 heteroatoms. The SMILES string of the molecule is CC(C)(C)OC(=O)N1CCN(c2ccc(Nc3nc(NC4CCC(O)CC4)c(Cl)nc3C(N)=O)cc2)CC1. The zero-order chi connectivity index (χ0) is 27.4. The fraction of sp³-hybridized carbons (Fsp3) is 0.538. The Labute approximate surface area is 227 Å². The van der Waals surface area contributed by atoms with E-state index < -0.39 is 11.5 Å². The Hall–Kier alpha value is -3.31. The number of aromatic nitrogens is 2. The average molecular weight is 546 g/mol. The minimum Gasteiger partial charge on any atom is -0.444 e. The van der Waals surface area contributed by atoms with Crippen LogP contribution in [0, 0.1) is 0 Å². The Morgan fingerprint density at radius 3 is 2.24 bits per heavy atom. The lowest BCUT2D eigenvalue weighted by molar-refractivity contribution is 0.0240. The van der Waals surface area contributed by atoms with E-state index in [0.29, 0.717) is 50.5 Å². The third-order valence-electron chi connectivity index (χ3n) is 6.55. The number of nitrogens with one attached hydrogen (secondary N) is 2. The van der Waals surface area contributed by atoms with Crippen LogP contribution in [0.1, 0.15) is 56.9 Å². The molecule has 1 saturated carbocycles. The molecule has 0 spiro atoms. The molecular weight excluding hydrogens is 510 g/mol. The highest BCUT2D eigenvalue weighted by Gasteiger charge is 2.26. The summed E-state index contributed by atoms with van der Waals surface area (Å²) >= 11 is 6.31. The van der Waals surface area contributed by atoms with Gasteiger partial charge in [0.25, 0.3) is 5.91 Å². The maximum Gasteiger partial charge on any atom is 0.410 e. The number of benzene rings is 1. The first-order chi connectivity index (χ1) is 18.0. The summed E-state index contributed by atoms with van der Waals surface area (Å²) in [5.74, 6) is -0.173. The summed E-state index contributed by atoms with van der Waals surface area (Å²) in [7, 11) is 0. The van der Waals surface area contributed by atoms with Gasteiger partial charge in [0, 0.05) is 43.6 Å². The van der Waals surface area contributed by atoms with Gasteiger partial charge in [-0.25, -0.2) is 14.8 Å². The molecule has 1 aliphatic heterocycles. The molecule has 0 bridgehead atoms. The monoisotopic (exact) mass is 545 g/mol. The number of anilines is 4. The van der Waals surface area contributed by atoms with Crippen molar-refractivity contribution < 1.29 is 19.4 Å². The van der Waals surface area contributed by atoms with Gasteiger partial charge in [0.15, 0.2) is 22.5 Å². The van der Waals surface area contributed by atoms with Gasteiger partial charge in [0.1, 0.15) is 5.60 Å². The van der Waals surface area contributed by atoms with Crippen LogP contribution in [0.2, 0.25) is 5.15 Å². The number of piperazine rings is 1. The van der Waals surface area contributed by atoms with Gasteiger partial charge in [0.05, 0.1) is 6.10 Å². The predicted molar refractivity (Wildman–Crippen MR) is 147 cm³/mol. The van der Waals surface area contributed by atoms with Crippen LogP contribution in [0.4, 0.5) is 27.8 Å². The average Bonchev–Trinajstić information content (AvgIpc) is 2.86. The lowest BCUT2D eigenvalue weighted by atomic mass is 9.93. The molecule has 4 rings (SSSR count). The van der Waals surface area contributed by atoms with Crippen molar-refractivity contribution in [2.75, 3.05) is 41.7 Å². The minimum absolute atomic E-state index is 0.0537. The van der Waals surface area contributed by atoms with Crippen LogP contribution in [0.15, 0.2) is 24.3 Å². The second-order valence-corrected chi connectivity index (χ2v) is 11.1. The Bertz CT molecular complexity index is 1140. The quantitative estimate of drug-likeness (QED) is 0.426. The van der Waals surface area contributed by atoms with E-state index in [9.17, 15) is 14.7 Å². The molecule has 38 heavy (non-hydrogen) atoms. The van der Waals surface area contributed by atoms with E-state index in [4.69, 9.17) is 22.1 Å². The first-order valence-electron chi connectivity index (χ1n) is 12.9. The van der Waals surface area contributed by atoms with Gasteiger partial charge in [0.2, 0.25) is 0 Å². The molecular formula is C26H36ClN7O4. The first kappa shape index (κ1) is 27.7. The minimum atomic E-state index is -0.742. The Kier molecular flexibility index (Phi) is 8.47. The van der Waals surface area contributed by atoms with E-state index in [1.165, 1.54) is 0 Å². The Morgan fingerprint density at radius 1 is 1.03 bits per heavy atom. The van der Waals surface area contributed by atoms with E-state index in [1.54, 1.807) is 4.90 Å². The fourth-order valence-electron chi connectivity index (χ4n) is 4.55. The first-order valence-corrected chi connectivity index (χ1v) is 13.3. The highest BCUT2D eigenvalue weighted by atomic mass is 35.5. The number of aliphatic hydroxyl groups is 1. The van der Waals surface area contributed by atoms with E-state index in [0.717, 1.165) is 18.5 Å². The normalized spacial score (nSPS) is 20.1. The van der Waals surface area contributed by atoms with Crippen LogP contribution in [-0.4, -0.2) is 75.9 Å². The lowest BCUT2D eigenvalue weighted by Crippen LogP contribution is -2.50. The van der Waals surface area contributed by atoms with Crippen molar-refractivity contribution in [3.63, 3.8) is 0 Å². The number of primary amides is 1. The summed E-state index contributed by atoms with van der Waals surface area (Å²) in [5.41, 5.74) is 6.68. The molecule has 2 aliphatic rings. The number of nitrogens with zero attached hydrogens (tertiary/aromatic N) is 4. The number of hydrogen-bond acceptors (Lipinski definition) is 9. The lowest BCUT2D eigenvalue weighted by Gasteiger charge is -2.36. The van der Waals surface area contributed by atoms with Gasteiger partial charge in [-0.1, -0.05) is 11.6 Å². The Morgan fingerprint density at radius 2 is 1.66 bits per heavy atom. The summed E-state index contributed by atoms with van der Waals surface area (Å²) in [5, 5.41) is 16.2. The van der Waals surface area contributed by atoms with Gasteiger partial charge in [-0.2, -0.15) is 0 Å². The van der Waals surface area contributed by atoms with Gasteiger partial charge in [-0.15, -0.1) is 0 Å². The topological polar surface area (TPSA) is 146 Å². The maximum atomic E-state index is 12.3. The van der Waals surface area contributed by atoms with Crippen LogP contribution >= 0.6 is 11.6 Å². The third-order valence-corrected chi connectivity index (χ3v) is 6.81. The Balaban J connectivity index is 1.41. The second-order valence-electron chi connectivity index (χ2n) is 10.7. The zero-order valence-electron chi connectivity index (χ0n) is 22.0. The predicted octanol–water partition coefficient (Wildman–Crippen LogP) is 3.75. The van der Waals surface area contributed by atoms with Crippen molar-refractivity contribution in [3.8, 4) is 0 Å². The summed E-state index contributed by atoms with van der Waals surface area (Å²) in [6.07, 6.45) is 2.41. The van der Waals surface area contributed by atoms with E-state index in [2.05, 4.69) is 25.5 Å². The molecule has 0 atom stereocenters. The van der Waals surface area contributed by atoms with E-state index in [1.807, 2.05) is 45.0 Å². The largest absolute Gasteiger partial charge is 0.444 e. The molecule has 11 nitrogen and oxygen atoms in total. The highest BCUT2D eigenvalue weighted by molar-refractivity contribution is 6.32. The highest BCUT2D eigenvalue weighted by Crippen LogP contribution is 2.29. The van der Waals surface area contributed by atoms with Gasteiger partial charge in [-0.05, 0) is 70.7 Å². The molecule has 1 saturated heterocycles. The van der Waals surface area contributed by atoms with Crippen molar-refractivity contribution in [2.24, 2.45) is 5.73 Å². The summed E-state index contributed by atoms with van der Waals surface area (Å²) in [6, 6.07) is 7.79. The van der Waals surface area contributed by atoms with Crippen molar-refractivity contribution in [3.05, 3.63) is 35.1 Å². The molecule has 5 N–H and O–H groups in total. The molecule has 2 aromatic rings. The maximum absolute atomic E-state index is 12.3. The number of ether oxygens (including phenoxy) is 1. The molecule has 2 fully saturated rings. The second kappa shape index (κ2) is 11.6. The molecule has 1 aromatic heterocycles. The van der Waals surface area contributed by atoms with Crippen molar-refractivity contribution in [1.29, 1.82) is 0 Å². The van der Waals surface area contributed by atoms with Crippen LogP contribution in [-0.2, 0) is 4.74 Å². The molecule has 206 valence electrons. The number of rotatable bonds is 6. The molecule has 0 unspecified atom stereocenters. The number of nitrogens with two attached hydrogens (primary N) is 1. The fourth-order valence-corrected chi connectivity index (χ4v) is 4.73. The summed E-state index contributed by atoms with van der Waals surface area (Å²) in [4.78, 5) is 37.0. The molecule has 2 amide bonds. The number of amides is 2. The van der Waals surface area contributed by atoms with Crippen molar-refractivity contribution in [2.45, 2.75) is 64.2 Å². The number of hydrogen-bond donors (Lipinski definition) is 4. The number of carbonyl (C=O) groups excluding carboxylic acids is 2. The molecule has 1 aromatic carbocycles. The van der Waals surface area contributed by atoms with Gasteiger partial charge < -0.3 is 36.0 Å². The number of carbonyl (C=O) groups is 2. The smallest absolute Gasteiger partial charge is 0.410 e. The van der Waals surface area contributed by atoms with Crippen LogP contribution in [0.5, 0.6) is 0 Å². The number of aliphatic hydroxyl groups excluding tert-OH is 1. The van der Waals surface area contributed by atoms with Crippen molar-refractivity contribution in [1.82, 2.24) is 14.9 Å².